The van der Waals surface area contributed by atoms with Gasteiger partial charge < -0.3 is 14.5 Å². The second-order valence-electron chi connectivity index (χ2n) is 7.48. The highest BCUT2D eigenvalue weighted by Gasteiger charge is 2.26. The largest absolute Gasteiger partial charge is 0.497 e. The van der Waals surface area contributed by atoms with Gasteiger partial charge in [-0.05, 0) is 61.6 Å². The fraction of sp³-hybridized carbons (Fsp3) is 0.409. The third-order valence-corrected chi connectivity index (χ3v) is 6.22. The summed E-state index contributed by atoms with van der Waals surface area (Å²) in [5, 5.41) is 0. The molecule has 158 valence electrons. The van der Waals surface area contributed by atoms with Crippen LogP contribution in [-0.2, 0) is 16.1 Å². The minimum atomic E-state index is -0.251. The molecule has 0 unspecified atom stereocenters. The van der Waals surface area contributed by atoms with Gasteiger partial charge in [-0.1, -0.05) is 0 Å². The first-order valence-electron chi connectivity index (χ1n) is 10.1. The lowest BCUT2D eigenvalue weighted by Crippen LogP contribution is -2.33. The highest BCUT2D eigenvalue weighted by atomic mass is 32.1. The van der Waals surface area contributed by atoms with Crippen LogP contribution in [0.4, 0.5) is 0 Å². The van der Waals surface area contributed by atoms with E-state index in [2.05, 4.69) is 9.97 Å². The van der Waals surface area contributed by atoms with E-state index >= 15 is 0 Å². The van der Waals surface area contributed by atoms with Gasteiger partial charge in [-0.2, -0.15) is 0 Å². The third-order valence-electron chi connectivity index (χ3n) is 5.05. The van der Waals surface area contributed by atoms with Gasteiger partial charge in [0.15, 0.2) is 0 Å². The summed E-state index contributed by atoms with van der Waals surface area (Å²) in [7, 11) is 1.63. The molecule has 1 fully saturated rings. The van der Waals surface area contributed by atoms with Crippen LogP contribution < -0.4 is 10.3 Å². The second-order valence-corrected chi connectivity index (χ2v) is 8.54. The number of rotatable bonds is 9. The van der Waals surface area contributed by atoms with E-state index in [9.17, 15) is 9.59 Å². The summed E-state index contributed by atoms with van der Waals surface area (Å²) < 4.78 is 10.9. The topological polar surface area (TPSA) is 84.5 Å². The van der Waals surface area contributed by atoms with Crippen molar-refractivity contribution < 1.29 is 14.3 Å². The molecule has 0 radical (unpaired) electrons. The Hall–Kier alpha value is -2.71. The molecular weight excluding hydrogens is 402 g/mol. The molecule has 7 nitrogen and oxygen atoms in total. The molecule has 0 amide bonds. The van der Waals surface area contributed by atoms with Gasteiger partial charge in [0.1, 0.15) is 16.3 Å². The molecule has 1 saturated carbocycles. The van der Waals surface area contributed by atoms with Crippen molar-refractivity contribution >= 4 is 27.5 Å². The van der Waals surface area contributed by atoms with Crippen molar-refractivity contribution in [2.45, 2.75) is 26.3 Å². The average molecular weight is 428 g/mol. The van der Waals surface area contributed by atoms with Crippen molar-refractivity contribution in [1.29, 1.82) is 0 Å². The molecule has 4 rings (SSSR count). The Morgan fingerprint density at radius 1 is 1.30 bits per heavy atom. The van der Waals surface area contributed by atoms with Gasteiger partial charge >= 0.3 is 5.97 Å². The van der Waals surface area contributed by atoms with Crippen LogP contribution >= 0.6 is 11.3 Å². The van der Waals surface area contributed by atoms with E-state index in [0.717, 1.165) is 22.7 Å². The van der Waals surface area contributed by atoms with Crippen LogP contribution in [0.1, 0.15) is 25.6 Å². The van der Waals surface area contributed by atoms with Crippen molar-refractivity contribution in [1.82, 2.24) is 14.9 Å². The second kappa shape index (κ2) is 8.97. The van der Waals surface area contributed by atoms with E-state index in [1.807, 2.05) is 35.2 Å². The summed E-state index contributed by atoms with van der Waals surface area (Å²) in [5.74, 6) is 1.71. The minimum Gasteiger partial charge on any atom is -0.497 e. The summed E-state index contributed by atoms with van der Waals surface area (Å²) in [6, 6.07) is 9.67. The standard InChI is InChI=1S/C22H25N3O4S/c1-3-29-20(26)13-25(11-14-4-5-14)12-19-23-17-10-18(30-21(17)22(27)24-19)15-6-8-16(28-2)9-7-15/h6-10,14H,3-5,11-13H2,1-2H3,(H,23,24,27). The number of ether oxygens (including phenoxy) is 2. The number of methoxy groups -OCH3 is 1. The van der Waals surface area contributed by atoms with Crippen LogP contribution in [0, 0.1) is 5.92 Å². The molecule has 0 bridgehead atoms. The van der Waals surface area contributed by atoms with Gasteiger partial charge in [-0.15, -0.1) is 11.3 Å². The number of fused-ring (bicyclic) bond motifs is 1. The minimum absolute atomic E-state index is 0.151. The Kier molecular flexibility index (Phi) is 6.15. The lowest BCUT2D eigenvalue weighted by molar-refractivity contribution is -0.144. The first-order chi connectivity index (χ1) is 14.6. The van der Waals surface area contributed by atoms with Gasteiger partial charge in [0.25, 0.3) is 5.56 Å². The Labute approximate surface area is 178 Å². The van der Waals surface area contributed by atoms with Crippen molar-refractivity contribution in [3.8, 4) is 16.2 Å². The van der Waals surface area contributed by atoms with E-state index in [1.165, 1.54) is 24.2 Å². The molecule has 0 saturated heterocycles. The van der Waals surface area contributed by atoms with Gasteiger partial charge in [-0.3, -0.25) is 14.5 Å². The molecule has 0 atom stereocenters. The van der Waals surface area contributed by atoms with Gasteiger partial charge in [0.05, 0.1) is 32.3 Å². The van der Waals surface area contributed by atoms with Crippen LogP contribution in [0.2, 0.25) is 0 Å². The summed E-state index contributed by atoms with van der Waals surface area (Å²) in [6.07, 6.45) is 2.36. The normalized spacial score (nSPS) is 13.7. The third kappa shape index (κ3) is 4.88. The molecule has 1 aliphatic carbocycles. The molecule has 8 heteroatoms. The molecule has 1 aliphatic rings. The van der Waals surface area contributed by atoms with Crippen molar-refractivity contribution in [3.63, 3.8) is 0 Å². The van der Waals surface area contributed by atoms with Crippen LogP contribution in [0.5, 0.6) is 5.75 Å². The van der Waals surface area contributed by atoms with Crippen LogP contribution in [-0.4, -0.2) is 47.6 Å². The summed E-state index contributed by atoms with van der Waals surface area (Å²) in [4.78, 5) is 35.2. The van der Waals surface area contributed by atoms with E-state index in [0.29, 0.717) is 35.1 Å². The molecule has 1 N–H and O–H groups in total. The lowest BCUT2D eigenvalue weighted by atomic mass is 10.2. The van der Waals surface area contributed by atoms with Gasteiger partial charge in [0.2, 0.25) is 0 Å². The SMILES string of the molecule is CCOC(=O)CN(Cc1nc2cc(-c3ccc(OC)cc3)sc2c(=O)[nH]1)CC1CC1. The molecule has 2 heterocycles. The monoisotopic (exact) mass is 427 g/mol. The molecule has 30 heavy (non-hydrogen) atoms. The quantitative estimate of drug-likeness (QED) is 0.527. The first-order valence-corrected chi connectivity index (χ1v) is 10.9. The maximum atomic E-state index is 12.7. The zero-order chi connectivity index (χ0) is 21.1. The summed E-state index contributed by atoms with van der Waals surface area (Å²) >= 11 is 1.42. The molecule has 0 aliphatic heterocycles. The number of thiophene rings is 1. The fourth-order valence-electron chi connectivity index (χ4n) is 3.41. The highest BCUT2D eigenvalue weighted by Crippen LogP contribution is 2.32. The number of nitrogens with zero attached hydrogens (tertiary/aromatic N) is 2. The van der Waals surface area contributed by atoms with E-state index in [-0.39, 0.29) is 18.1 Å². The number of aromatic amines is 1. The van der Waals surface area contributed by atoms with E-state index in [4.69, 9.17) is 9.47 Å². The number of H-pyrrole nitrogens is 1. The maximum absolute atomic E-state index is 12.7. The van der Waals surface area contributed by atoms with Gasteiger partial charge in [0, 0.05) is 11.4 Å². The van der Waals surface area contributed by atoms with Gasteiger partial charge in [-0.25, -0.2) is 4.98 Å². The Morgan fingerprint density at radius 3 is 2.73 bits per heavy atom. The van der Waals surface area contributed by atoms with E-state index < -0.39 is 0 Å². The molecule has 1 aromatic carbocycles. The smallest absolute Gasteiger partial charge is 0.320 e. The molecule has 0 spiro atoms. The fourth-order valence-corrected chi connectivity index (χ4v) is 4.41. The summed E-state index contributed by atoms with van der Waals surface area (Å²) in [6.45, 7) is 3.58. The summed E-state index contributed by atoms with van der Waals surface area (Å²) in [5.41, 5.74) is 1.53. The molecule has 2 aromatic heterocycles. The van der Waals surface area contributed by atoms with E-state index in [1.54, 1.807) is 14.0 Å². The van der Waals surface area contributed by atoms with Crippen molar-refractivity contribution in [3.05, 3.63) is 46.5 Å². The zero-order valence-corrected chi connectivity index (χ0v) is 18.0. The Balaban J connectivity index is 1.57. The maximum Gasteiger partial charge on any atom is 0.320 e. The number of hydrogen-bond donors (Lipinski definition) is 1. The van der Waals surface area contributed by atoms with Crippen LogP contribution in [0.25, 0.3) is 20.7 Å². The predicted octanol–water partition coefficient (Wildman–Crippen LogP) is 3.44. The van der Waals surface area contributed by atoms with Crippen molar-refractivity contribution in [2.75, 3.05) is 26.8 Å². The number of aromatic nitrogens is 2. The van der Waals surface area contributed by atoms with Crippen LogP contribution in [0.15, 0.2) is 35.1 Å². The number of nitrogens with one attached hydrogen (secondary N) is 1. The highest BCUT2D eigenvalue weighted by molar-refractivity contribution is 7.22. The Morgan fingerprint density at radius 2 is 2.07 bits per heavy atom. The Bertz CT molecular complexity index is 1090. The number of carbonyl (C=O) groups excluding carboxylic acids is 1. The zero-order valence-electron chi connectivity index (χ0n) is 17.1. The van der Waals surface area contributed by atoms with Crippen LogP contribution in [0.3, 0.4) is 0 Å². The lowest BCUT2D eigenvalue weighted by Gasteiger charge is -2.20. The molecular formula is C22H25N3O4S. The number of hydrogen-bond acceptors (Lipinski definition) is 7. The average Bonchev–Trinajstić information content (AvgIpc) is 3.43. The first kappa shape index (κ1) is 20.6. The molecule has 3 aromatic rings. The van der Waals surface area contributed by atoms with Crippen molar-refractivity contribution in [2.24, 2.45) is 5.92 Å². The number of carbonyl (C=O) groups is 1. The number of esters is 1. The number of benzene rings is 1. The predicted molar refractivity (Wildman–Crippen MR) is 117 cm³/mol.